The lowest BCUT2D eigenvalue weighted by Crippen LogP contribution is -2.47. The van der Waals surface area contributed by atoms with E-state index in [1.165, 1.54) is 19.3 Å². The highest BCUT2D eigenvalue weighted by Gasteiger charge is 2.68. The SMILES string of the molecule is CCC1(OC)CC2CC1C1C3CC(CC3O)C21. The molecule has 0 spiro atoms. The highest BCUT2D eigenvalue weighted by molar-refractivity contribution is 5.17. The fourth-order valence-electron chi connectivity index (χ4n) is 6.49. The molecular weight excluding hydrogens is 212 g/mol. The normalized spacial score (nSPS) is 63.4. The summed E-state index contributed by atoms with van der Waals surface area (Å²) >= 11 is 0. The van der Waals surface area contributed by atoms with Gasteiger partial charge in [0.25, 0.3) is 0 Å². The van der Waals surface area contributed by atoms with Gasteiger partial charge in [0, 0.05) is 7.11 Å². The Balaban J connectivity index is 1.69. The zero-order valence-corrected chi connectivity index (χ0v) is 10.9. The Bertz CT molecular complexity index is 336. The maximum Gasteiger partial charge on any atom is 0.0709 e. The van der Waals surface area contributed by atoms with E-state index < -0.39 is 0 Å². The number of rotatable bonds is 2. The standard InChI is InChI=1S/C15H24O2/c1-3-15(17-2)7-9-5-11(15)14-10-4-8(13(9)14)6-12(10)16/h8-14,16H,3-7H2,1-2H3. The predicted octanol–water partition coefficient (Wildman–Crippen LogP) is 2.45. The number of hydrogen-bond donors (Lipinski definition) is 1. The van der Waals surface area contributed by atoms with Crippen molar-refractivity contribution in [3.63, 3.8) is 0 Å². The summed E-state index contributed by atoms with van der Waals surface area (Å²) in [6, 6.07) is 0. The zero-order chi connectivity index (χ0) is 11.8. The fourth-order valence-corrected chi connectivity index (χ4v) is 6.49. The lowest BCUT2D eigenvalue weighted by molar-refractivity contribution is -0.107. The van der Waals surface area contributed by atoms with Crippen LogP contribution in [0.2, 0.25) is 0 Å². The van der Waals surface area contributed by atoms with Crippen molar-refractivity contribution >= 4 is 0 Å². The second-order valence-corrected chi connectivity index (χ2v) is 7.05. The summed E-state index contributed by atoms with van der Waals surface area (Å²) in [7, 11) is 1.91. The monoisotopic (exact) mass is 236 g/mol. The molecule has 0 saturated heterocycles. The molecule has 8 atom stereocenters. The zero-order valence-electron chi connectivity index (χ0n) is 10.9. The lowest BCUT2D eigenvalue weighted by Gasteiger charge is -2.46. The van der Waals surface area contributed by atoms with Gasteiger partial charge in [-0.25, -0.2) is 0 Å². The quantitative estimate of drug-likeness (QED) is 0.746. The summed E-state index contributed by atoms with van der Waals surface area (Å²) < 4.78 is 5.95. The van der Waals surface area contributed by atoms with Crippen molar-refractivity contribution in [1.29, 1.82) is 0 Å². The van der Waals surface area contributed by atoms with Crippen LogP contribution >= 0.6 is 0 Å². The number of methoxy groups -OCH3 is 1. The Hall–Kier alpha value is -0.0800. The van der Waals surface area contributed by atoms with E-state index in [9.17, 15) is 5.11 Å². The molecule has 96 valence electrons. The van der Waals surface area contributed by atoms with Crippen LogP contribution in [-0.4, -0.2) is 23.9 Å². The summed E-state index contributed by atoms with van der Waals surface area (Å²) in [5, 5.41) is 10.2. The van der Waals surface area contributed by atoms with Gasteiger partial charge < -0.3 is 9.84 Å². The average molecular weight is 236 g/mol. The van der Waals surface area contributed by atoms with Crippen LogP contribution in [0.5, 0.6) is 0 Å². The van der Waals surface area contributed by atoms with Gasteiger partial charge in [-0.1, -0.05) is 6.92 Å². The van der Waals surface area contributed by atoms with Crippen LogP contribution in [0.4, 0.5) is 0 Å². The van der Waals surface area contributed by atoms with Crippen LogP contribution in [0.3, 0.4) is 0 Å². The first-order chi connectivity index (χ1) is 8.20. The van der Waals surface area contributed by atoms with Gasteiger partial charge in [0.1, 0.15) is 0 Å². The molecular formula is C15H24O2. The van der Waals surface area contributed by atoms with Crippen LogP contribution in [0.15, 0.2) is 0 Å². The van der Waals surface area contributed by atoms with Crippen molar-refractivity contribution in [3.05, 3.63) is 0 Å². The first-order valence-corrected chi connectivity index (χ1v) is 7.43. The molecule has 4 rings (SSSR count). The number of aliphatic hydroxyl groups excluding tert-OH is 1. The molecule has 0 heterocycles. The first-order valence-electron chi connectivity index (χ1n) is 7.43. The van der Waals surface area contributed by atoms with Gasteiger partial charge in [-0.05, 0) is 67.6 Å². The minimum atomic E-state index is 0.00649. The molecule has 0 aromatic carbocycles. The molecule has 17 heavy (non-hydrogen) atoms. The summed E-state index contributed by atoms with van der Waals surface area (Å²) in [6.45, 7) is 2.28. The van der Waals surface area contributed by atoms with Gasteiger partial charge in [-0.3, -0.25) is 0 Å². The van der Waals surface area contributed by atoms with E-state index in [1.54, 1.807) is 0 Å². The number of aliphatic hydroxyl groups is 1. The minimum absolute atomic E-state index is 0.00649. The second kappa shape index (κ2) is 3.27. The smallest absolute Gasteiger partial charge is 0.0709 e. The van der Waals surface area contributed by atoms with Gasteiger partial charge in [0.05, 0.1) is 11.7 Å². The molecule has 2 heteroatoms. The molecule has 0 aromatic heterocycles. The molecule has 4 aliphatic carbocycles. The Kier molecular flexibility index (Phi) is 2.08. The molecule has 1 N–H and O–H groups in total. The second-order valence-electron chi connectivity index (χ2n) is 7.05. The Morgan fingerprint density at radius 2 is 2.00 bits per heavy atom. The third-order valence-corrected chi connectivity index (χ3v) is 6.95. The molecule has 0 amide bonds. The Labute approximate surface area is 104 Å². The number of ether oxygens (including phenoxy) is 1. The van der Waals surface area contributed by atoms with E-state index in [0.29, 0.717) is 5.92 Å². The highest BCUT2D eigenvalue weighted by Crippen LogP contribution is 2.70. The van der Waals surface area contributed by atoms with Crippen LogP contribution in [0.1, 0.15) is 39.0 Å². The van der Waals surface area contributed by atoms with E-state index in [2.05, 4.69) is 6.92 Å². The van der Waals surface area contributed by atoms with Gasteiger partial charge in [-0.15, -0.1) is 0 Å². The fraction of sp³-hybridized carbons (Fsp3) is 1.00. The van der Waals surface area contributed by atoms with E-state index in [1.807, 2.05) is 7.11 Å². The van der Waals surface area contributed by atoms with Crippen molar-refractivity contribution < 1.29 is 9.84 Å². The number of fused-ring (bicyclic) bond motifs is 9. The van der Waals surface area contributed by atoms with Crippen molar-refractivity contribution in [2.24, 2.45) is 35.5 Å². The van der Waals surface area contributed by atoms with Crippen molar-refractivity contribution in [2.45, 2.75) is 50.7 Å². The maximum absolute atomic E-state index is 10.2. The van der Waals surface area contributed by atoms with Crippen molar-refractivity contribution in [3.8, 4) is 0 Å². The van der Waals surface area contributed by atoms with Crippen LogP contribution in [-0.2, 0) is 4.74 Å². The van der Waals surface area contributed by atoms with E-state index in [0.717, 1.165) is 42.4 Å². The average Bonchev–Trinajstić information content (AvgIpc) is 3.03. The van der Waals surface area contributed by atoms with E-state index >= 15 is 0 Å². The number of hydrogen-bond acceptors (Lipinski definition) is 2. The molecule has 2 nitrogen and oxygen atoms in total. The minimum Gasteiger partial charge on any atom is -0.393 e. The van der Waals surface area contributed by atoms with Gasteiger partial charge in [0.15, 0.2) is 0 Å². The van der Waals surface area contributed by atoms with Crippen LogP contribution < -0.4 is 0 Å². The van der Waals surface area contributed by atoms with Gasteiger partial charge in [-0.2, -0.15) is 0 Å². The summed E-state index contributed by atoms with van der Waals surface area (Å²) in [5.74, 6) is 4.86. The van der Waals surface area contributed by atoms with E-state index in [4.69, 9.17) is 4.74 Å². The maximum atomic E-state index is 10.2. The van der Waals surface area contributed by atoms with Crippen molar-refractivity contribution in [1.82, 2.24) is 0 Å². The molecule has 4 fully saturated rings. The third kappa shape index (κ3) is 1.10. The molecule has 4 saturated carbocycles. The molecule has 0 radical (unpaired) electrons. The van der Waals surface area contributed by atoms with E-state index in [-0.39, 0.29) is 11.7 Å². The topological polar surface area (TPSA) is 29.5 Å². The Morgan fingerprint density at radius 1 is 1.18 bits per heavy atom. The molecule has 8 unspecified atom stereocenters. The van der Waals surface area contributed by atoms with Crippen LogP contribution in [0.25, 0.3) is 0 Å². The van der Waals surface area contributed by atoms with Crippen molar-refractivity contribution in [2.75, 3.05) is 7.11 Å². The Morgan fingerprint density at radius 3 is 2.71 bits per heavy atom. The van der Waals surface area contributed by atoms with Gasteiger partial charge >= 0.3 is 0 Å². The molecule has 4 bridgehead atoms. The molecule has 0 aliphatic heterocycles. The largest absolute Gasteiger partial charge is 0.393 e. The highest BCUT2D eigenvalue weighted by atomic mass is 16.5. The third-order valence-electron chi connectivity index (χ3n) is 6.95. The first kappa shape index (κ1) is 10.8. The molecule has 4 aliphatic rings. The summed E-state index contributed by atoms with van der Waals surface area (Å²) in [6.07, 6.45) is 6.25. The predicted molar refractivity (Wildman–Crippen MR) is 65.4 cm³/mol. The van der Waals surface area contributed by atoms with Crippen LogP contribution in [0, 0.1) is 35.5 Å². The van der Waals surface area contributed by atoms with Gasteiger partial charge in [0.2, 0.25) is 0 Å². The molecule has 0 aromatic rings. The lowest BCUT2D eigenvalue weighted by atomic mass is 9.64. The summed E-state index contributed by atoms with van der Waals surface area (Å²) in [5.41, 5.74) is 0.163. The summed E-state index contributed by atoms with van der Waals surface area (Å²) in [4.78, 5) is 0.